The van der Waals surface area contributed by atoms with Gasteiger partial charge in [0.1, 0.15) is 0 Å². The second-order valence-electron chi connectivity index (χ2n) is 8.35. The van der Waals surface area contributed by atoms with Crippen LogP contribution in [0.5, 0.6) is 0 Å². The number of nitrogens with one attached hydrogen (secondary N) is 1. The molecule has 0 aromatic heterocycles. The van der Waals surface area contributed by atoms with Crippen molar-refractivity contribution in [3.05, 3.63) is 67.6 Å². The summed E-state index contributed by atoms with van der Waals surface area (Å²) in [6.07, 6.45) is 4.30. The summed E-state index contributed by atoms with van der Waals surface area (Å²) in [5, 5.41) is 0. The average molecular weight is 528 g/mol. The summed E-state index contributed by atoms with van der Waals surface area (Å²) in [6, 6.07) is 13.0. The van der Waals surface area contributed by atoms with Crippen LogP contribution in [0.3, 0.4) is 0 Å². The van der Waals surface area contributed by atoms with Gasteiger partial charge in [0.05, 0.1) is 15.7 Å². The van der Waals surface area contributed by atoms with E-state index in [1.165, 1.54) is 31.2 Å². The van der Waals surface area contributed by atoms with Gasteiger partial charge in [-0.2, -0.15) is 0 Å². The fourth-order valence-corrected chi connectivity index (χ4v) is 5.70. The highest BCUT2D eigenvalue weighted by Crippen LogP contribution is 2.36. The SMILES string of the molecule is CC(C)(C)[S@](=O)N[C@H]1CCc2c(Br)cccc21.N[C@H]1CCc2c(Br)cccc21. The number of hydrogen-bond donors (Lipinski definition) is 2. The summed E-state index contributed by atoms with van der Waals surface area (Å²) in [5.74, 6) is 0. The number of halogens is 2. The van der Waals surface area contributed by atoms with Crippen LogP contribution in [0.15, 0.2) is 45.3 Å². The zero-order chi connectivity index (χ0) is 20.5. The zero-order valence-corrected chi connectivity index (χ0v) is 20.6. The third kappa shape index (κ3) is 4.96. The Hall–Kier alpha value is -0.530. The molecule has 3 nitrogen and oxygen atoms in total. The van der Waals surface area contributed by atoms with E-state index in [4.69, 9.17) is 5.73 Å². The topological polar surface area (TPSA) is 55.1 Å². The normalized spacial score (nSPS) is 21.5. The van der Waals surface area contributed by atoms with Gasteiger partial charge in [0.15, 0.2) is 0 Å². The van der Waals surface area contributed by atoms with Gasteiger partial charge >= 0.3 is 0 Å². The molecule has 0 unspecified atom stereocenters. The quantitative estimate of drug-likeness (QED) is 0.512. The average Bonchev–Trinajstić information content (AvgIpc) is 3.21. The number of fused-ring (bicyclic) bond motifs is 2. The predicted molar refractivity (Wildman–Crippen MR) is 126 cm³/mol. The van der Waals surface area contributed by atoms with Crippen LogP contribution < -0.4 is 10.5 Å². The van der Waals surface area contributed by atoms with Crippen LogP contribution in [-0.4, -0.2) is 8.96 Å². The van der Waals surface area contributed by atoms with Crippen LogP contribution in [0.2, 0.25) is 0 Å². The van der Waals surface area contributed by atoms with Crippen molar-refractivity contribution in [2.45, 2.75) is 63.3 Å². The molecule has 0 bridgehead atoms. The van der Waals surface area contributed by atoms with Gasteiger partial charge in [-0.25, -0.2) is 8.93 Å². The highest BCUT2D eigenvalue weighted by Gasteiger charge is 2.28. The molecule has 28 heavy (non-hydrogen) atoms. The van der Waals surface area contributed by atoms with Crippen molar-refractivity contribution in [3.63, 3.8) is 0 Å². The summed E-state index contributed by atoms with van der Waals surface area (Å²) in [5.41, 5.74) is 11.3. The lowest BCUT2D eigenvalue weighted by Gasteiger charge is -2.22. The Balaban J connectivity index is 0.000000176. The molecule has 0 amide bonds. The molecule has 0 aliphatic heterocycles. The molecule has 2 aliphatic carbocycles. The number of nitrogens with two attached hydrogens (primary N) is 1. The number of hydrogen-bond acceptors (Lipinski definition) is 2. The van der Waals surface area contributed by atoms with Crippen molar-refractivity contribution in [2.24, 2.45) is 5.73 Å². The minimum atomic E-state index is -1.01. The first-order valence-corrected chi connectivity index (χ1v) is 12.4. The van der Waals surface area contributed by atoms with Gasteiger partial charge in [-0.1, -0.05) is 56.1 Å². The highest BCUT2D eigenvalue weighted by atomic mass is 79.9. The van der Waals surface area contributed by atoms with Gasteiger partial charge in [-0.05, 0) is 80.8 Å². The minimum Gasteiger partial charge on any atom is -0.324 e. The maximum absolute atomic E-state index is 12.1. The summed E-state index contributed by atoms with van der Waals surface area (Å²) < 4.78 is 17.5. The van der Waals surface area contributed by atoms with Crippen molar-refractivity contribution in [1.82, 2.24) is 4.72 Å². The lowest BCUT2D eigenvalue weighted by atomic mass is 10.1. The Morgan fingerprint density at radius 1 is 0.964 bits per heavy atom. The fourth-order valence-electron chi connectivity index (χ4n) is 3.68. The molecule has 6 heteroatoms. The molecule has 0 fully saturated rings. The standard InChI is InChI=1S/C13H18BrNOS.C9H10BrN/c1-13(2,3)17(16)15-12-8-7-9-10(12)5-4-6-11(9)14;10-8-3-1-2-7-6(8)4-5-9(7)11/h4-6,12,15H,7-8H2,1-3H3;1-3,9H,4-5,11H2/t12-,17-;9-/m00/s1. The van der Waals surface area contributed by atoms with E-state index in [-0.39, 0.29) is 16.8 Å². The Labute approximate surface area is 187 Å². The van der Waals surface area contributed by atoms with E-state index in [9.17, 15) is 4.21 Å². The van der Waals surface area contributed by atoms with Gasteiger partial charge in [-0.15, -0.1) is 0 Å². The van der Waals surface area contributed by atoms with Crippen molar-refractivity contribution >= 4 is 42.8 Å². The molecule has 2 aromatic carbocycles. The van der Waals surface area contributed by atoms with Crippen LogP contribution >= 0.6 is 31.9 Å². The summed E-state index contributed by atoms with van der Waals surface area (Å²) >= 11 is 7.10. The number of rotatable bonds is 2. The Bertz CT molecular complexity index is 879. The molecule has 3 N–H and O–H groups in total. The van der Waals surface area contributed by atoms with Crippen LogP contribution in [0.25, 0.3) is 0 Å². The van der Waals surface area contributed by atoms with Crippen molar-refractivity contribution in [2.75, 3.05) is 0 Å². The van der Waals surface area contributed by atoms with Crippen molar-refractivity contribution in [1.29, 1.82) is 0 Å². The van der Waals surface area contributed by atoms with E-state index >= 15 is 0 Å². The largest absolute Gasteiger partial charge is 0.324 e. The molecule has 4 rings (SSSR count). The smallest absolute Gasteiger partial charge is 0.0975 e. The Morgan fingerprint density at radius 2 is 1.50 bits per heavy atom. The third-order valence-electron chi connectivity index (χ3n) is 5.28. The summed E-state index contributed by atoms with van der Waals surface area (Å²) in [6.45, 7) is 5.98. The van der Waals surface area contributed by atoms with Gasteiger partial charge in [0, 0.05) is 21.0 Å². The highest BCUT2D eigenvalue weighted by molar-refractivity contribution is 9.10. The van der Waals surface area contributed by atoms with E-state index < -0.39 is 11.0 Å². The minimum absolute atomic E-state index is 0.214. The van der Waals surface area contributed by atoms with Crippen LogP contribution in [0.1, 0.15) is 68.0 Å². The Kier molecular flexibility index (Phi) is 7.19. The molecule has 0 saturated heterocycles. The van der Waals surface area contributed by atoms with Gasteiger partial charge < -0.3 is 5.73 Å². The summed E-state index contributed by atoms with van der Waals surface area (Å²) in [4.78, 5) is 0. The Morgan fingerprint density at radius 3 is 2.07 bits per heavy atom. The molecular weight excluding hydrogens is 500 g/mol. The summed E-state index contributed by atoms with van der Waals surface area (Å²) in [7, 11) is -1.01. The van der Waals surface area contributed by atoms with Crippen LogP contribution in [0.4, 0.5) is 0 Å². The van der Waals surface area contributed by atoms with Crippen molar-refractivity contribution < 1.29 is 4.21 Å². The molecule has 0 radical (unpaired) electrons. The van der Waals surface area contributed by atoms with Gasteiger partial charge in [-0.3, -0.25) is 0 Å². The fraction of sp³-hybridized carbons (Fsp3) is 0.455. The predicted octanol–water partition coefficient (Wildman–Crippen LogP) is 5.88. The van der Waals surface area contributed by atoms with Gasteiger partial charge in [0.25, 0.3) is 0 Å². The van der Waals surface area contributed by atoms with E-state index in [2.05, 4.69) is 60.8 Å². The molecule has 0 heterocycles. The number of benzene rings is 2. The molecule has 2 aliphatic rings. The lowest BCUT2D eigenvalue weighted by molar-refractivity contribution is 0.596. The van der Waals surface area contributed by atoms with E-state index in [0.717, 1.165) is 25.7 Å². The first-order valence-electron chi connectivity index (χ1n) is 9.66. The van der Waals surface area contributed by atoms with E-state index in [1.54, 1.807) is 0 Å². The first kappa shape index (κ1) is 22.2. The maximum Gasteiger partial charge on any atom is 0.0975 e. The molecule has 0 spiro atoms. The monoisotopic (exact) mass is 526 g/mol. The van der Waals surface area contributed by atoms with Gasteiger partial charge in [0.2, 0.25) is 0 Å². The van der Waals surface area contributed by atoms with Crippen LogP contribution in [0, 0.1) is 0 Å². The molecule has 3 atom stereocenters. The maximum atomic E-state index is 12.1. The second kappa shape index (κ2) is 9.09. The van der Waals surface area contributed by atoms with E-state index in [0.29, 0.717) is 0 Å². The van der Waals surface area contributed by atoms with E-state index in [1.807, 2.05) is 32.9 Å². The second-order valence-corrected chi connectivity index (χ2v) is 12.1. The van der Waals surface area contributed by atoms with Crippen molar-refractivity contribution in [3.8, 4) is 0 Å². The third-order valence-corrected chi connectivity index (χ3v) is 8.38. The molecule has 152 valence electrons. The molecule has 0 saturated carbocycles. The first-order chi connectivity index (χ1) is 13.2. The van der Waals surface area contributed by atoms with Crippen LogP contribution in [-0.2, 0) is 23.8 Å². The lowest BCUT2D eigenvalue weighted by Crippen LogP contribution is -2.35. The zero-order valence-electron chi connectivity index (χ0n) is 16.6. The molecule has 2 aromatic rings. The molecular formula is C22H28Br2N2OS.